The highest BCUT2D eigenvalue weighted by Crippen LogP contribution is 2.29. The van der Waals surface area contributed by atoms with Crippen molar-refractivity contribution in [1.82, 2.24) is 15.3 Å². The number of aryl methyl sites for hydroxylation is 1. The number of rotatable bonds is 5. The summed E-state index contributed by atoms with van der Waals surface area (Å²) in [5.74, 6) is 0.0805. The molecular weight excluding hydrogens is 429 g/mol. The molecule has 0 spiro atoms. The van der Waals surface area contributed by atoms with Crippen LogP contribution >= 0.6 is 0 Å². The maximum atomic E-state index is 12.6. The average Bonchev–Trinajstić information content (AvgIpc) is 2.75. The molecule has 0 atom stereocenters. The number of benzene rings is 2. The number of carbonyl (C=O) groups excluding carboxylic acids is 2. The van der Waals surface area contributed by atoms with Crippen LogP contribution in [0, 0.1) is 6.92 Å². The van der Waals surface area contributed by atoms with Gasteiger partial charge in [-0.25, -0.2) is 4.79 Å². The number of hydrogen-bond acceptors (Lipinski definition) is 6. The van der Waals surface area contributed by atoms with Crippen molar-refractivity contribution in [2.24, 2.45) is 0 Å². The molecule has 1 aromatic heterocycles. The first-order chi connectivity index (χ1) is 15.2. The Morgan fingerprint density at radius 2 is 1.66 bits per heavy atom. The van der Waals surface area contributed by atoms with E-state index in [0.29, 0.717) is 22.7 Å². The molecule has 0 radical (unpaired) electrons. The molecule has 166 valence electrons. The molecule has 0 saturated heterocycles. The van der Waals surface area contributed by atoms with Crippen LogP contribution in [0.1, 0.15) is 21.5 Å². The first-order valence-corrected chi connectivity index (χ1v) is 9.10. The number of halogens is 3. The molecule has 0 aliphatic heterocycles. The van der Waals surface area contributed by atoms with E-state index < -0.39 is 23.7 Å². The SMILES string of the molecule is COc1cnc(Oc2ccc(NC(=O)NC(=O)c3ccc(C(F)(F)F)cc3)cc2C)nc1. The maximum absolute atomic E-state index is 12.6. The zero-order chi connectivity index (χ0) is 23.3. The van der Waals surface area contributed by atoms with Crippen LogP contribution in [0.3, 0.4) is 0 Å². The standard InChI is InChI=1S/C21H17F3N4O4/c1-12-9-15(7-8-17(12)32-20-25-10-16(31-2)11-26-20)27-19(30)28-18(29)13-3-5-14(6-4-13)21(22,23)24/h3-11H,1-2H3,(H2,27,28,29,30). The summed E-state index contributed by atoms with van der Waals surface area (Å²) in [6.45, 7) is 1.73. The summed E-state index contributed by atoms with van der Waals surface area (Å²) in [7, 11) is 1.49. The topological polar surface area (TPSA) is 102 Å². The Kier molecular flexibility index (Phi) is 6.57. The van der Waals surface area contributed by atoms with Gasteiger partial charge in [0.25, 0.3) is 5.91 Å². The summed E-state index contributed by atoms with van der Waals surface area (Å²) < 4.78 is 48.4. The number of anilines is 1. The summed E-state index contributed by atoms with van der Waals surface area (Å²) in [5.41, 5.74) is 0.0309. The second-order valence-corrected chi connectivity index (χ2v) is 6.47. The van der Waals surface area contributed by atoms with Crippen LogP contribution in [0.5, 0.6) is 17.5 Å². The molecule has 0 unspecified atom stereocenters. The first kappa shape index (κ1) is 22.5. The van der Waals surface area contributed by atoms with Crippen LogP contribution in [-0.2, 0) is 6.18 Å². The van der Waals surface area contributed by atoms with Gasteiger partial charge in [-0.3, -0.25) is 10.1 Å². The Morgan fingerprint density at radius 3 is 2.22 bits per heavy atom. The fourth-order valence-corrected chi connectivity index (χ4v) is 2.55. The van der Waals surface area contributed by atoms with Crippen LogP contribution in [0.4, 0.5) is 23.7 Å². The zero-order valence-electron chi connectivity index (χ0n) is 16.9. The van der Waals surface area contributed by atoms with Crippen LogP contribution in [-0.4, -0.2) is 29.0 Å². The van der Waals surface area contributed by atoms with Crippen molar-refractivity contribution in [3.63, 3.8) is 0 Å². The number of ether oxygens (including phenoxy) is 2. The molecule has 8 nitrogen and oxygen atoms in total. The predicted octanol–water partition coefficient (Wildman–Crippen LogP) is 4.57. The van der Waals surface area contributed by atoms with Crippen LogP contribution in [0.15, 0.2) is 54.9 Å². The summed E-state index contributed by atoms with van der Waals surface area (Å²) in [5, 5.41) is 4.53. The van der Waals surface area contributed by atoms with Gasteiger partial charge in [0, 0.05) is 11.3 Å². The highest BCUT2D eigenvalue weighted by Gasteiger charge is 2.30. The molecule has 2 N–H and O–H groups in total. The lowest BCUT2D eigenvalue weighted by Gasteiger charge is -2.11. The average molecular weight is 446 g/mol. The quantitative estimate of drug-likeness (QED) is 0.596. The lowest BCUT2D eigenvalue weighted by Crippen LogP contribution is -2.34. The third-order valence-corrected chi connectivity index (χ3v) is 4.18. The number of alkyl halides is 3. The second-order valence-electron chi connectivity index (χ2n) is 6.47. The Morgan fingerprint density at radius 1 is 1.00 bits per heavy atom. The van der Waals surface area contributed by atoms with Crippen molar-refractivity contribution < 1.29 is 32.2 Å². The Hall–Kier alpha value is -4.15. The molecule has 1 heterocycles. The summed E-state index contributed by atoms with van der Waals surface area (Å²) in [6, 6.07) is 7.48. The lowest BCUT2D eigenvalue weighted by molar-refractivity contribution is -0.137. The van der Waals surface area contributed by atoms with E-state index in [4.69, 9.17) is 9.47 Å². The van der Waals surface area contributed by atoms with E-state index in [0.717, 1.165) is 24.3 Å². The van der Waals surface area contributed by atoms with E-state index in [1.807, 2.05) is 0 Å². The molecule has 3 aromatic rings. The fourth-order valence-electron chi connectivity index (χ4n) is 2.55. The van der Waals surface area contributed by atoms with Crippen molar-refractivity contribution in [1.29, 1.82) is 0 Å². The molecule has 0 aliphatic carbocycles. The summed E-state index contributed by atoms with van der Waals surface area (Å²) >= 11 is 0. The van der Waals surface area contributed by atoms with Crippen molar-refractivity contribution in [2.45, 2.75) is 13.1 Å². The smallest absolute Gasteiger partial charge is 0.416 e. The van der Waals surface area contributed by atoms with Crippen molar-refractivity contribution in [3.8, 4) is 17.5 Å². The van der Waals surface area contributed by atoms with Gasteiger partial charge in [-0.2, -0.15) is 23.1 Å². The van der Waals surface area contributed by atoms with E-state index in [2.05, 4.69) is 20.6 Å². The number of nitrogens with one attached hydrogen (secondary N) is 2. The van der Waals surface area contributed by atoms with E-state index in [1.165, 1.54) is 25.6 Å². The molecule has 0 bridgehead atoms. The third kappa shape index (κ3) is 5.72. The van der Waals surface area contributed by atoms with Gasteiger partial charge in [-0.15, -0.1) is 0 Å². The summed E-state index contributed by atoms with van der Waals surface area (Å²) in [6.07, 6.45) is -1.61. The third-order valence-electron chi connectivity index (χ3n) is 4.18. The van der Waals surface area contributed by atoms with Crippen molar-refractivity contribution >= 4 is 17.6 Å². The van der Waals surface area contributed by atoms with Gasteiger partial charge >= 0.3 is 18.2 Å². The molecule has 3 rings (SSSR count). The first-order valence-electron chi connectivity index (χ1n) is 9.10. The van der Waals surface area contributed by atoms with Crippen LogP contribution in [0.2, 0.25) is 0 Å². The lowest BCUT2D eigenvalue weighted by atomic mass is 10.1. The zero-order valence-corrected chi connectivity index (χ0v) is 16.9. The fraction of sp³-hybridized carbons (Fsp3) is 0.143. The highest BCUT2D eigenvalue weighted by molar-refractivity contribution is 6.08. The largest absolute Gasteiger partial charge is 0.494 e. The summed E-state index contributed by atoms with van der Waals surface area (Å²) in [4.78, 5) is 32.2. The number of methoxy groups -OCH3 is 1. The van der Waals surface area contributed by atoms with Gasteiger partial charge < -0.3 is 14.8 Å². The van der Waals surface area contributed by atoms with Gasteiger partial charge in [0.2, 0.25) is 0 Å². The molecular formula is C21H17F3N4O4. The van der Waals surface area contributed by atoms with Crippen LogP contribution in [0.25, 0.3) is 0 Å². The van der Waals surface area contributed by atoms with Gasteiger partial charge in [0.1, 0.15) is 5.75 Å². The number of nitrogens with zero attached hydrogens (tertiary/aromatic N) is 2. The van der Waals surface area contributed by atoms with Crippen molar-refractivity contribution in [2.75, 3.05) is 12.4 Å². The van der Waals surface area contributed by atoms with Gasteiger partial charge in [-0.1, -0.05) is 0 Å². The number of carbonyl (C=O) groups is 2. The number of aromatic nitrogens is 2. The Balaban J connectivity index is 1.59. The van der Waals surface area contributed by atoms with Crippen molar-refractivity contribution in [3.05, 3.63) is 71.5 Å². The molecule has 11 heteroatoms. The molecule has 32 heavy (non-hydrogen) atoms. The van der Waals surface area contributed by atoms with E-state index in [9.17, 15) is 22.8 Å². The van der Waals surface area contributed by atoms with E-state index >= 15 is 0 Å². The predicted molar refractivity (Wildman–Crippen MR) is 108 cm³/mol. The minimum atomic E-state index is -4.51. The highest BCUT2D eigenvalue weighted by atomic mass is 19.4. The van der Waals surface area contributed by atoms with E-state index in [-0.39, 0.29) is 11.6 Å². The minimum Gasteiger partial charge on any atom is -0.494 e. The van der Waals surface area contributed by atoms with Crippen LogP contribution < -0.4 is 20.1 Å². The molecule has 0 fully saturated rings. The number of imide groups is 1. The second kappa shape index (κ2) is 9.33. The van der Waals surface area contributed by atoms with Gasteiger partial charge in [0.05, 0.1) is 25.1 Å². The van der Waals surface area contributed by atoms with Gasteiger partial charge in [-0.05, 0) is 55.0 Å². The Bertz CT molecular complexity index is 1120. The molecule has 0 saturated carbocycles. The number of hydrogen-bond donors (Lipinski definition) is 2. The minimum absolute atomic E-state index is 0.0902. The number of urea groups is 1. The van der Waals surface area contributed by atoms with E-state index in [1.54, 1.807) is 19.1 Å². The molecule has 2 aromatic carbocycles. The monoisotopic (exact) mass is 446 g/mol. The number of amides is 3. The normalized spacial score (nSPS) is 10.9. The molecule has 3 amide bonds. The molecule has 0 aliphatic rings. The Labute approximate surface area is 180 Å². The maximum Gasteiger partial charge on any atom is 0.416 e. The van der Waals surface area contributed by atoms with Gasteiger partial charge in [0.15, 0.2) is 5.75 Å².